The first-order valence-corrected chi connectivity index (χ1v) is 14.9. The fraction of sp³-hybridized carbons (Fsp3) is 0.500. The van der Waals surface area contributed by atoms with Gasteiger partial charge in [0.05, 0.1) is 21.7 Å². The van der Waals surface area contributed by atoms with Gasteiger partial charge in [-0.1, -0.05) is 75.9 Å². The van der Waals surface area contributed by atoms with Crippen LogP contribution in [0.5, 0.6) is 0 Å². The maximum absolute atomic E-state index is 8.06. The van der Waals surface area contributed by atoms with Crippen molar-refractivity contribution in [3.63, 3.8) is 0 Å². The zero-order valence-electron chi connectivity index (χ0n) is 19.2. The summed E-state index contributed by atoms with van der Waals surface area (Å²) in [4.78, 5) is 6.44. The Balaban J connectivity index is 1.43. The molecule has 33 heavy (non-hydrogen) atoms. The van der Waals surface area contributed by atoms with Crippen LogP contribution in [0, 0.1) is 5.41 Å². The second-order valence-corrected chi connectivity index (χ2v) is 12.7. The lowest BCUT2D eigenvalue weighted by molar-refractivity contribution is 0.184. The molecule has 0 atom stereocenters. The number of hydrogen-bond donors (Lipinski definition) is 2. The van der Waals surface area contributed by atoms with Gasteiger partial charge in [0.25, 0.3) is 0 Å². The highest BCUT2D eigenvalue weighted by Gasteiger charge is 2.32. The fourth-order valence-corrected chi connectivity index (χ4v) is 8.73. The average Bonchev–Trinajstić information content (AvgIpc) is 3.48. The molecule has 0 aromatic heterocycles. The van der Waals surface area contributed by atoms with Crippen molar-refractivity contribution in [3.8, 4) is 0 Å². The molecule has 0 saturated carbocycles. The third kappa shape index (κ3) is 6.10. The highest BCUT2D eigenvalue weighted by molar-refractivity contribution is 8.32. The zero-order valence-corrected chi connectivity index (χ0v) is 22.5. The summed E-state index contributed by atoms with van der Waals surface area (Å²) < 4.78 is 14.8. The molecule has 3 heterocycles. The smallest absolute Gasteiger partial charge is 0.208 e. The van der Waals surface area contributed by atoms with Gasteiger partial charge in [0.1, 0.15) is 5.84 Å². The van der Waals surface area contributed by atoms with Crippen LogP contribution in [0.25, 0.3) is 0 Å². The fourth-order valence-electron chi connectivity index (χ4n) is 3.59. The number of fused-ring (bicyclic) bond motifs is 2. The molecule has 0 radical (unpaired) electrons. The van der Waals surface area contributed by atoms with E-state index in [1.807, 2.05) is 0 Å². The van der Waals surface area contributed by atoms with E-state index in [4.69, 9.17) is 20.6 Å². The van der Waals surface area contributed by atoms with Gasteiger partial charge in [-0.05, 0) is 48.5 Å². The number of rotatable bonds is 12. The summed E-state index contributed by atoms with van der Waals surface area (Å²) >= 11 is 6.89. The normalized spacial score (nSPS) is 17.0. The molecule has 0 amide bonds. The second-order valence-electron chi connectivity index (χ2n) is 8.07. The van der Waals surface area contributed by atoms with E-state index in [1.54, 1.807) is 47.0 Å². The van der Waals surface area contributed by atoms with Crippen LogP contribution in [-0.4, -0.2) is 24.9 Å². The summed E-state index contributed by atoms with van der Waals surface area (Å²) in [7, 11) is 0. The predicted octanol–water partition coefficient (Wildman–Crippen LogP) is 7.86. The van der Waals surface area contributed by atoms with Crippen LogP contribution in [0.15, 0.2) is 45.6 Å². The standard InChI is InChI=1S/C24H31N3O2S4/c1-3-5-7-9-11-28-21-22(29-12-10-8-6-4-2)33-24(32-21)23-30-17-13-15-16(14-18(17)31-23)20(26)27-19(15)25/h13-14H,3-12H2,1-2H3,(H3,25,26,27). The number of aliphatic imine (C=N–C) groups is 1. The Morgan fingerprint density at radius 1 is 0.758 bits per heavy atom. The van der Waals surface area contributed by atoms with Crippen LogP contribution in [0.1, 0.15) is 76.3 Å². The number of benzene rings is 1. The maximum atomic E-state index is 8.06. The molecule has 0 saturated heterocycles. The van der Waals surface area contributed by atoms with E-state index < -0.39 is 0 Å². The van der Waals surface area contributed by atoms with Gasteiger partial charge >= 0.3 is 0 Å². The minimum Gasteiger partial charge on any atom is -0.483 e. The lowest BCUT2D eigenvalue weighted by Crippen LogP contribution is -2.10. The van der Waals surface area contributed by atoms with E-state index in [2.05, 4.69) is 31.0 Å². The number of nitrogens with two attached hydrogens (primary N) is 1. The molecule has 3 N–H and O–H groups in total. The van der Waals surface area contributed by atoms with E-state index in [0.29, 0.717) is 5.84 Å². The third-order valence-corrected chi connectivity index (χ3v) is 10.8. The molecule has 9 heteroatoms. The molecule has 4 rings (SSSR count). The summed E-state index contributed by atoms with van der Waals surface area (Å²) in [6.45, 7) is 5.93. The number of thioether (sulfide) groups is 4. The van der Waals surface area contributed by atoms with Crippen molar-refractivity contribution >= 4 is 58.7 Å². The van der Waals surface area contributed by atoms with Crippen molar-refractivity contribution in [1.82, 2.24) is 0 Å². The maximum Gasteiger partial charge on any atom is 0.208 e. The molecule has 1 aromatic carbocycles. The Hall–Kier alpha value is -1.16. The van der Waals surface area contributed by atoms with Crippen molar-refractivity contribution in [1.29, 1.82) is 5.41 Å². The number of nitrogens with one attached hydrogen (secondary N) is 1. The minimum absolute atomic E-state index is 0.251. The van der Waals surface area contributed by atoms with E-state index in [-0.39, 0.29) is 5.84 Å². The molecular weight excluding hydrogens is 491 g/mol. The Bertz CT molecular complexity index is 976. The predicted molar refractivity (Wildman–Crippen MR) is 145 cm³/mol. The number of unbranched alkanes of at least 4 members (excludes halogenated alkanes) is 6. The Morgan fingerprint density at radius 3 is 1.82 bits per heavy atom. The molecule has 178 valence electrons. The summed E-state index contributed by atoms with van der Waals surface area (Å²) in [6.07, 6.45) is 9.52. The van der Waals surface area contributed by atoms with Crippen molar-refractivity contribution in [2.24, 2.45) is 10.7 Å². The van der Waals surface area contributed by atoms with Crippen LogP contribution in [0.3, 0.4) is 0 Å². The van der Waals surface area contributed by atoms with Gasteiger partial charge < -0.3 is 15.2 Å². The van der Waals surface area contributed by atoms with Crippen LogP contribution in [0.2, 0.25) is 0 Å². The summed E-state index contributed by atoms with van der Waals surface area (Å²) in [6, 6.07) is 4.12. The first-order valence-electron chi connectivity index (χ1n) is 11.7. The highest BCUT2D eigenvalue weighted by Crippen LogP contribution is 2.61. The molecule has 3 aliphatic heterocycles. The summed E-state index contributed by atoms with van der Waals surface area (Å²) in [5.74, 6) is 0.689. The highest BCUT2D eigenvalue weighted by atomic mass is 32.2. The molecule has 0 bridgehead atoms. The van der Waals surface area contributed by atoms with Gasteiger partial charge in [0.15, 0.2) is 5.84 Å². The van der Waals surface area contributed by atoms with Crippen LogP contribution in [0.4, 0.5) is 0 Å². The Kier molecular flexibility index (Phi) is 9.07. The molecule has 0 aliphatic carbocycles. The SMILES string of the molecule is CCCCCCOC1=C(OCCCCCC)SC(=C2Sc3cc4c(cc3S2)C(N)=NC4=N)S1. The Labute approximate surface area is 213 Å². The van der Waals surface area contributed by atoms with Crippen LogP contribution >= 0.6 is 47.0 Å². The molecule has 5 nitrogen and oxygen atoms in total. The van der Waals surface area contributed by atoms with Gasteiger partial charge in [0.2, 0.25) is 10.2 Å². The van der Waals surface area contributed by atoms with E-state index in [1.165, 1.54) is 51.9 Å². The van der Waals surface area contributed by atoms with Gasteiger partial charge in [-0.15, -0.1) is 0 Å². The first-order chi connectivity index (χ1) is 16.1. The van der Waals surface area contributed by atoms with Crippen LogP contribution in [-0.2, 0) is 9.47 Å². The lowest BCUT2D eigenvalue weighted by atomic mass is 10.1. The van der Waals surface area contributed by atoms with Gasteiger partial charge in [0, 0.05) is 20.9 Å². The molecule has 0 unspecified atom stereocenters. The molecular formula is C24H31N3O2S4. The van der Waals surface area contributed by atoms with Gasteiger partial charge in [-0.3, -0.25) is 5.41 Å². The lowest BCUT2D eigenvalue weighted by Gasteiger charge is -2.09. The van der Waals surface area contributed by atoms with Crippen molar-refractivity contribution in [2.45, 2.75) is 75.0 Å². The van der Waals surface area contributed by atoms with Crippen molar-refractivity contribution < 1.29 is 9.47 Å². The van der Waals surface area contributed by atoms with E-state index in [0.717, 1.165) is 52.3 Å². The summed E-state index contributed by atoms with van der Waals surface area (Å²) in [5.41, 5.74) is 7.70. The van der Waals surface area contributed by atoms with Gasteiger partial charge in [-0.25, -0.2) is 4.99 Å². The third-order valence-electron chi connectivity index (χ3n) is 5.42. The van der Waals surface area contributed by atoms with Crippen LogP contribution < -0.4 is 5.73 Å². The second kappa shape index (κ2) is 12.0. The zero-order chi connectivity index (χ0) is 23.2. The molecule has 0 spiro atoms. The molecule has 1 aromatic rings. The minimum atomic E-state index is 0.251. The number of nitrogens with zero attached hydrogens (tertiary/aromatic N) is 1. The topological polar surface area (TPSA) is 80.7 Å². The van der Waals surface area contributed by atoms with E-state index in [9.17, 15) is 0 Å². The van der Waals surface area contributed by atoms with Crippen molar-refractivity contribution in [2.75, 3.05) is 13.2 Å². The Morgan fingerprint density at radius 2 is 1.27 bits per heavy atom. The summed E-state index contributed by atoms with van der Waals surface area (Å²) in [5, 5.41) is 9.88. The molecule has 3 aliphatic rings. The van der Waals surface area contributed by atoms with E-state index >= 15 is 0 Å². The molecule has 0 fully saturated rings. The largest absolute Gasteiger partial charge is 0.483 e. The number of ether oxygens (including phenoxy) is 2. The van der Waals surface area contributed by atoms with Gasteiger partial charge in [-0.2, -0.15) is 0 Å². The monoisotopic (exact) mass is 521 g/mol. The number of hydrogen-bond acceptors (Lipinski definition) is 8. The van der Waals surface area contributed by atoms with Crippen molar-refractivity contribution in [3.05, 3.63) is 41.9 Å². The quantitative estimate of drug-likeness (QED) is 0.271. The average molecular weight is 522 g/mol. The number of amidine groups is 2. The first kappa shape index (κ1) is 24.9.